The summed E-state index contributed by atoms with van der Waals surface area (Å²) >= 11 is 12.3. The Labute approximate surface area is 124 Å². The summed E-state index contributed by atoms with van der Waals surface area (Å²) in [6.45, 7) is 6.69. The zero-order valence-electron chi connectivity index (χ0n) is 11.7. The van der Waals surface area contributed by atoms with Crippen molar-refractivity contribution in [2.45, 2.75) is 39.7 Å². The van der Waals surface area contributed by atoms with Crippen molar-refractivity contribution in [1.29, 1.82) is 0 Å². The minimum Gasteiger partial charge on any atom is -0.324 e. The third kappa shape index (κ3) is 3.06. The number of aryl methyl sites for hydroxylation is 1. The van der Waals surface area contributed by atoms with Crippen molar-refractivity contribution in [3.63, 3.8) is 0 Å². The van der Waals surface area contributed by atoms with Crippen molar-refractivity contribution in [2.75, 3.05) is 5.88 Å². The molecule has 1 heterocycles. The molecule has 2 rings (SSSR count). The van der Waals surface area contributed by atoms with Crippen molar-refractivity contribution >= 4 is 34.2 Å². The van der Waals surface area contributed by atoms with Crippen LogP contribution in [0.2, 0.25) is 5.02 Å². The van der Waals surface area contributed by atoms with Gasteiger partial charge in [0.1, 0.15) is 5.82 Å². The van der Waals surface area contributed by atoms with Crippen LogP contribution in [-0.2, 0) is 6.42 Å². The number of alkyl halides is 1. The van der Waals surface area contributed by atoms with E-state index in [-0.39, 0.29) is 0 Å². The molecule has 0 spiro atoms. The summed E-state index contributed by atoms with van der Waals surface area (Å²) in [5.41, 5.74) is 2.00. The van der Waals surface area contributed by atoms with E-state index >= 15 is 0 Å². The first-order chi connectivity index (χ1) is 9.04. The quantitative estimate of drug-likeness (QED) is 0.704. The lowest BCUT2D eigenvalue weighted by atomic mass is 10.0. The lowest BCUT2D eigenvalue weighted by Gasteiger charge is -2.19. The smallest absolute Gasteiger partial charge is 0.111 e. The number of hydrogen-bond acceptors (Lipinski definition) is 1. The molecule has 0 radical (unpaired) electrons. The molecule has 19 heavy (non-hydrogen) atoms. The van der Waals surface area contributed by atoms with Crippen molar-refractivity contribution in [1.82, 2.24) is 9.55 Å². The SMILES string of the molecule is CC(C)CC(C)n1c(CCCl)nc2cccc(Cl)c21. The number of fused-ring (bicyclic) bond motifs is 1. The van der Waals surface area contributed by atoms with E-state index in [0.717, 1.165) is 34.7 Å². The molecule has 0 bridgehead atoms. The van der Waals surface area contributed by atoms with Crippen LogP contribution in [0.15, 0.2) is 18.2 Å². The van der Waals surface area contributed by atoms with Crippen LogP contribution in [0.1, 0.15) is 39.1 Å². The van der Waals surface area contributed by atoms with Crippen LogP contribution in [0.25, 0.3) is 11.0 Å². The highest BCUT2D eigenvalue weighted by Gasteiger charge is 2.18. The molecule has 104 valence electrons. The van der Waals surface area contributed by atoms with Crippen LogP contribution in [0.5, 0.6) is 0 Å². The Balaban J connectivity index is 2.56. The number of nitrogens with zero attached hydrogens (tertiary/aromatic N) is 2. The van der Waals surface area contributed by atoms with Crippen LogP contribution in [0, 0.1) is 5.92 Å². The van der Waals surface area contributed by atoms with Gasteiger partial charge in [-0.25, -0.2) is 4.98 Å². The standard InChI is InChI=1S/C15H20Cl2N2/c1-10(2)9-11(3)19-14(7-8-16)18-13-6-4-5-12(17)15(13)19/h4-6,10-11H,7-9H2,1-3H3. The molecule has 0 aliphatic heterocycles. The zero-order chi connectivity index (χ0) is 14.0. The summed E-state index contributed by atoms with van der Waals surface area (Å²) in [7, 11) is 0. The first-order valence-corrected chi connectivity index (χ1v) is 7.67. The fourth-order valence-electron chi connectivity index (χ4n) is 2.68. The monoisotopic (exact) mass is 298 g/mol. The van der Waals surface area contributed by atoms with Crippen LogP contribution in [0.3, 0.4) is 0 Å². The zero-order valence-corrected chi connectivity index (χ0v) is 13.2. The molecule has 4 heteroatoms. The maximum absolute atomic E-state index is 6.36. The van der Waals surface area contributed by atoms with Gasteiger partial charge in [0.2, 0.25) is 0 Å². The maximum atomic E-state index is 6.36. The summed E-state index contributed by atoms with van der Waals surface area (Å²) in [6, 6.07) is 6.26. The normalized spacial score (nSPS) is 13.4. The van der Waals surface area contributed by atoms with Gasteiger partial charge in [0, 0.05) is 18.3 Å². The van der Waals surface area contributed by atoms with Crippen molar-refractivity contribution in [3.05, 3.63) is 29.0 Å². The number of halogens is 2. The Hall–Kier alpha value is -0.730. The molecule has 1 aromatic heterocycles. The summed E-state index contributed by atoms with van der Waals surface area (Å²) in [5, 5.41) is 0.765. The van der Waals surface area contributed by atoms with E-state index in [1.807, 2.05) is 18.2 Å². The highest BCUT2D eigenvalue weighted by Crippen LogP contribution is 2.30. The van der Waals surface area contributed by atoms with E-state index < -0.39 is 0 Å². The van der Waals surface area contributed by atoms with Gasteiger partial charge < -0.3 is 4.57 Å². The lowest BCUT2D eigenvalue weighted by Crippen LogP contribution is -2.12. The van der Waals surface area contributed by atoms with E-state index in [1.165, 1.54) is 0 Å². The summed E-state index contributed by atoms with van der Waals surface area (Å²) in [6.07, 6.45) is 1.88. The fourth-order valence-corrected chi connectivity index (χ4v) is 3.11. The van der Waals surface area contributed by atoms with Gasteiger partial charge in [0.25, 0.3) is 0 Å². The molecular weight excluding hydrogens is 279 g/mol. The molecule has 0 saturated carbocycles. The average molecular weight is 299 g/mol. The molecule has 0 saturated heterocycles. The van der Waals surface area contributed by atoms with Gasteiger partial charge in [-0.1, -0.05) is 31.5 Å². The summed E-state index contributed by atoms with van der Waals surface area (Å²) < 4.78 is 2.26. The minimum atomic E-state index is 0.378. The average Bonchev–Trinajstić information content (AvgIpc) is 2.68. The van der Waals surface area contributed by atoms with Crippen LogP contribution in [-0.4, -0.2) is 15.4 Å². The van der Waals surface area contributed by atoms with Gasteiger partial charge in [-0.15, -0.1) is 11.6 Å². The van der Waals surface area contributed by atoms with Gasteiger partial charge in [-0.3, -0.25) is 0 Å². The van der Waals surface area contributed by atoms with Crippen molar-refractivity contribution in [2.24, 2.45) is 5.92 Å². The van der Waals surface area contributed by atoms with Gasteiger partial charge in [0.15, 0.2) is 0 Å². The van der Waals surface area contributed by atoms with Gasteiger partial charge in [-0.05, 0) is 31.4 Å². The number of benzene rings is 1. The molecule has 1 aromatic carbocycles. The maximum Gasteiger partial charge on any atom is 0.111 e. The van der Waals surface area contributed by atoms with Gasteiger partial charge in [-0.2, -0.15) is 0 Å². The topological polar surface area (TPSA) is 17.8 Å². The van der Waals surface area contributed by atoms with E-state index in [4.69, 9.17) is 23.2 Å². The Morgan fingerprint density at radius 1 is 1.26 bits per heavy atom. The molecule has 1 unspecified atom stereocenters. The molecule has 0 aliphatic carbocycles. The Kier molecular flexibility index (Phi) is 4.75. The Bertz CT molecular complexity index is 561. The van der Waals surface area contributed by atoms with E-state index in [0.29, 0.717) is 17.8 Å². The summed E-state index contributed by atoms with van der Waals surface area (Å²) in [5.74, 6) is 2.25. The number of hydrogen-bond donors (Lipinski definition) is 0. The second-order valence-corrected chi connectivity index (χ2v) is 6.21. The number of imidazole rings is 1. The first kappa shape index (κ1) is 14.7. The minimum absolute atomic E-state index is 0.378. The molecule has 2 aromatic rings. The molecular formula is C15H20Cl2N2. The number of rotatable bonds is 5. The second-order valence-electron chi connectivity index (χ2n) is 5.42. The molecule has 0 N–H and O–H groups in total. The highest BCUT2D eigenvalue weighted by atomic mass is 35.5. The summed E-state index contributed by atoms with van der Waals surface area (Å²) in [4.78, 5) is 4.69. The fraction of sp³-hybridized carbons (Fsp3) is 0.533. The predicted molar refractivity (Wildman–Crippen MR) is 83.3 cm³/mol. The molecule has 0 aliphatic rings. The Morgan fingerprint density at radius 2 is 2.00 bits per heavy atom. The first-order valence-electron chi connectivity index (χ1n) is 6.75. The third-order valence-electron chi connectivity index (χ3n) is 3.31. The predicted octanol–water partition coefficient (Wildman–Crippen LogP) is 5.08. The van der Waals surface area contributed by atoms with E-state index in [2.05, 4.69) is 30.3 Å². The number of para-hydroxylation sites is 1. The van der Waals surface area contributed by atoms with Crippen LogP contribution in [0.4, 0.5) is 0 Å². The number of aromatic nitrogens is 2. The Morgan fingerprint density at radius 3 is 2.63 bits per heavy atom. The molecule has 2 nitrogen and oxygen atoms in total. The van der Waals surface area contributed by atoms with Crippen LogP contribution >= 0.6 is 23.2 Å². The lowest BCUT2D eigenvalue weighted by molar-refractivity contribution is 0.426. The van der Waals surface area contributed by atoms with Gasteiger partial charge >= 0.3 is 0 Å². The van der Waals surface area contributed by atoms with E-state index in [9.17, 15) is 0 Å². The molecule has 0 amide bonds. The molecule has 1 atom stereocenters. The van der Waals surface area contributed by atoms with Crippen molar-refractivity contribution < 1.29 is 0 Å². The second kappa shape index (κ2) is 6.15. The van der Waals surface area contributed by atoms with Crippen LogP contribution < -0.4 is 0 Å². The third-order valence-corrected chi connectivity index (χ3v) is 3.80. The van der Waals surface area contributed by atoms with E-state index in [1.54, 1.807) is 0 Å². The largest absolute Gasteiger partial charge is 0.324 e. The highest BCUT2D eigenvalue weighted by molar-refractivity contribution is 6.35. The van der Waals surface area contributed by atoms with Gasteiger partial charge in [0.05, 0.1) is 16.1 Å². The molecule has 0 fully saturated rings. The van der Waals surface area contributed by atoms with Crippen molar-refractivity contribution in [3.8, 4) is 0 Å².